The topological polar surface area (TPSA) is 93.1 Å². The molecule has 0 heterocycles. The summed E-state index contributed by atoms with van der Waals surface area (Å²) in [5.41, 5.74) is -0.240. The number of halogens is 1. The summed E-state index contributed by atoms with van der Waals surface area (Å²) in [6.07, 6.45) is 0.366. The van der Waals surface area contributed by atoms with Crippen LogP contribution >= 0.6 is 11.6 Å². The molecule has 0 saturated heterocycles. The Morgan fingerprint density at radius 2 is 1.83 bits per heavy atom. The number of anilines is 1. The third kappa shape index (κ3) is 6.74. The van der Waals surface area contributed by atoms with Crippen LogP contribution in [0.15, 0.2) is 24.3 Å². The Hall–Kier alpha value is -1.35. The molecule has 1 aromatic carbocycles. The van der Waals surface area contributed by atoms with E-state index in [1.54, 1.807) is 20.8 Å². The van der Waals surface area contributed by atoms with Crippen molar-refractivity contribution in [1.29, 1.82) is 0 Å². The normalized spacial score (nSPS) is 12.0. The lowest BCUT2D eigenvalue weighted by Crippen LogP contribution is -2.31. The average molecular weight is 366 g/mol. The average Bonchev–Trinajstić information content (AvgIpc) is 2.43. The molecule has 0 amide bonds. The third-order valence-corrected chi connectivity index (χ3v) is 3.75. The van der Waals surface area contributed by atoms with E-state index in [1.165, 1.54) is 24.3 Å². The Morgan fingerprint density at radius 3 is 2.26 bits per heavy atom. The molecule has 0 aromatic heterocycles. The van der Waals surface area contributed by atoms with E-state index in [0.717, 1.165) is 4.31 Å². The molecule has 1 N–H and O–H groups in total. The van der Waals surface area contributed by atoms with Crippen LogP contribution in [0, 0.1) is 0 Å². The molecule has 0 radical (unpaired) electrons. The second-order valence-electron chi connectivity index (χ2n) is 5.71. The predicted octanol–water partition coefficient (Wildman–Crippen LogP) is 2.81. The lowest BCUT2D eigenvalue weighted by molar-refractivity contribution is -0.301. The number of alkyl halides is 1. The molecule has 0 aliphatic heterocycles. The molecular weight excluding hydrogens is 346 g/mol. The van der Waals surface area contributed by atoms with Crippen LogP contribution in [0.4, 0.5) is 5.69 Å². The molecule has 0 spiro atoms. The van der Waals surface area contributed by atoms with Crippen molar-refractivity contribution >= 4 is 33.6 Å². The first-order valence-corrected chi connectivity index (χ1v) is 8.79. The quantitative estimate of drug-likeness (QED) is 0.345. The Kier molecular flexibility index (Phi) is 6.82. The third-order valence-electron chi connectivity index (χ3n) is 2.53. The minimum Gasteiger partial charge on any atom is -0.292 e. The Morgan fingerprint density at radius 1 is 1.26 bits per heavy atom. The van der Waals surface area contributed by atoms with Gasteiger partial charge < -0.3 is 0 Å². The molecule has 0 unspecified atom stereocenters. The van der Waals surface area contributed by atoms with Gasteiger partial charge in [0, 0.05) is 12.4 Å². The van der Waals surface area contributed by atoms with Gasteiger partial charge in [-0.25, -0.2) is 9.10 Å². The van der Waals surface area contributed by atoms with Crippen molar-refractivity contribution in [3.05, 3.63) is 29.8 Å². The number of hydrogen-bond acceptors (Lipinski definition) is 5. The second-order valence-corrected chi connectivity index (χ2v) is 7.42. The van der Waals surface area contributed by atoms with Gasteiger partial charge in [0.2, 0.25) is 0 Å². The minimum absolute atomic E-state index is 0.0270. The highest BCUT2D eigenvalue weighted by Gasteiger charge is 2.20. The second kappa shape index (κ2) is 7.96. The first-order chi connectivity index (χ1) is 10.5. The molecule has 1 aromatic rings. The zero-order valence-corrected chi connectivity index (χ0v) is 14.7. The van der Waals surface area contributed by atoms with Gasteiger partial charge in [-0.2, -0.15) is 13.3 Å². The predicted molar refractivity (Wildman–Crippen MR) is 86.9 cm³/mol. The molecule has 9 heteroatoms. The van der Waals surface area contributed by atoms with Crippen molar-refractivity contribution in [1.82, 2.24) is 0 Å². The summed E-state index contributed by atoms with van der Waals surface area (Å²) in [4.78, 5) is 21.4. The van der Waals surface area contributed by atoms with E-state index in [9.17, 15) is 17.8 Å². The van der Waals surface area contributed by atoms with Crippen molar-refractivity contribution in [2.45, 2.75) is 32.8 Å². The molecule has 0 aliphatic rings. The van der Waals surface area contributed by atoms with Gasteiger partial charge in [-0.1, -0.05) is 0 Å². The molecule has 0 atom stereocenters. The maximum absolute atomic E-state index is 11.8. The van der Waals surface area contributed by atoms with E-state index in [4.69, 9.17) is 16.5 Å². The SMILES string of the molecule is CC(C)(C)OOC(=O)c1ccc(N(CCCCl)S(=O)(=O)O)cc1. The summed E-state index contributed by atoms with van der Waals surface area (Å²) in [5, 5.41) is 0. The highest BCUT2D eigenvalue weighted by atomic mass is 35.5. The van der Waals surface area contributed by atoms with Gasteiger partial charge in [0.25, 0.3) is 0 Å². The van der Waals surface area contributed by atoms with Crippen LogP contribution < -0.4 is 4.31 Å². The van der Waals surface area contributed by atoms with Gasteiger partial charge in [-0.05, 0) is 51.5 Å². The van der Waals surface area contributed by atoms with Crippen LogP contribution in [-0.4, -0.2) is 37.0 Å². The van der Waals surface area contributed by atoms with E-state index in [-0.39, 0.29) is 23.7 Å². The number of carbonyl (C=O) groups excluding carboxylic acids is 1. The van der Waals surface area contributed by atoms with Gasteiger partial charge in [0.15, 0.2) is 0 Å². The van der Waals surface area contributed by atoms with E-state index in [1.807, 2.05) is 0 Å². The van der Waals surface area contributed by atoms with Gasteiger partial charge in [-0.15, -0.1) is 11.6 Å². The molecule has 0 aliphatic carbocycles. The summed E-state index contributed by atoms with van der Waals surface area (Å²) < 4.78 is 32.8. The number of nitrogens with zero attached hydrogens (tertiary/aromatic N) is 1. The number of benzene rings is 1. The zero-order chi connectivity index (χ0) is 17.7. The molecule has 7 nitrogen and oxygen atoms in total. The van der Waals surface area contributed by atoms with Gasteiger partial charge in [0.05, 0.1) is 11.3 Å². The fourth-order valence-corrected chi connectivity index (χ4v) is 2.42. The first kappa shape index (κ1) is 19.7. The number of hydrogen-bond donors (Lipinski definition) is 1. The lowest BCUT2D eigenvalue weighted by Gasteiger charge is -2.20. The number of carbonyl (C=O) groups is 1. The first-order valence-electron chi connectivity index (χ1n) is 6.86. The van der Waals surface area contributed by atoms with Gasteiger partial charge >= 0.3 is 16.3 Å². The molecule has 1 rings (SSSR count). The molecule has 0 saturated carbocycles. The van der Waals surface area contributed by atoms with Crippen LogP contribution in [0.25, 0.3) is 0 Å². The van der Waals surface area contributed by atoms with Crippen molar-refractivity contribution in [2.24, 2.45) is 0 Å². The maximum atomic E-state index is 11.8. The molecule has 0 fully saturated rings. The number of rotatable bonds is 7. The maximum Gasteiger partial charge on any atom is 0.373 e. The summed E-state index contributed by atoms with van der Waals surface area (Å²) in [7, 11) is -4.42. The summed E-state index contributed by atoms with van der Waals surface area (Å²) >= 11 is 5.54. The van der Waals surface area contributed by atoms with E-state index < -0.39 is 21.9 Å². The smallest absolute Gasteiger partial charge is 0.292 e. The van der Waals surface area contributed by atoms with E-state index in [2.05, 4.69) is 4.89 Å². The molecule has 130 valence electrons. The molecular formula is C14H20ClNO6S. The van der Waals surface area contributed by atoms with Crippen molar-refractivity contribution in [2.75, 3.05) is 16.7 Å². The van der Waals surface area contributed by atoms with Crippen molar-refractivity contribution in [3.8, 4) is 0 Å². The highest BCUT2D eigenvalue weighted by Crippen LogP contribution is 2.19. The fraction of sp³-hybridized carbons (Fsp3) is 0.500. The Balaban J connectivity index is 2.87. The summed E-state index contributed by atoms with van der Waals surface area (Å²) in [6.45, 7) is 5.21. The fourth-order valence-electron chi connectivity index (χ4n) is 1.56. The van der Waals surface area contributed by atoms with Crippen LogP contribution in [0.2, 0.25) is 0 Å². The molecule has 23 heavy (non-hydrogen) atoms. The minimum atomic E-state index is -4.42. The van der Waals surface area contributed by atoms with Crippen LogP contribution in [0.5, 0.6) is 0 Å². The van der Waals surface area contributed by atoms with Crippen LogP contribution in [-0.2, 0) is 20.1 Å². The molecule has 0 bridgehead atoms. The van der Waals surface area contributed by atoms with Crippen molar-refractivity contribution < 1.29 is 27.5 Å². The summed E-state index contributed by atoms with van der Waals surface area (Å²) in [5.74, 6) is -0.453. The van der Waals surface area contributed by atoms with Gasteiger partial charge in [0.1, 0.15) is 5.60 Å². The van der Waals surface area contributed by atoms with Crippen molar-refractivity contribution in [3.63, 3.8) is 0 Å². The lowest BCUT2D eigenvalue weighted by atomic mass is 10.2. The largest absolute Gasteiger partial charge is 0.373 e. The monoisotopic (exact) mass is 365 g/mol. The van der Waals surface area contributed by atoms with E-state index >= 15 is 0 Å². The highest BCUT2D eigenvalue weighted by molar-refractivity contribution is 7.87. The Labute approximate surface area is 140 Å². The van der Waals surface area contributed by atoms with Crippen LogP contribution in [0.3, 0.4) is 0 Å². The Bertz CT molecular complexity index is 624. The van der Waals surface area contributed by atoms with E-state index in [0.29, 0.717) is 6.42 Å². The standard InChI is InChI=1S/C14H20ClNO6S/c1-14(2,3)22-21-13(17)11-5-7-12(8-6-11)16(10-4-9-15)23(18,19)20/h5-8H,4,9-10H2,1-3H3,(H,18,19,20). The van der Waals surface area contributed by atoms with Crippen LogP contribution in [0.1, 0.15) is 37.6 Å². The zero-order valence-electron chi connectivity index (χ0n) is 13.2. The van der Waals surface area contributed by atoms with Gasteiger partial charge in [-0.3, -0.25) is 9.44 Å². The summed E-state index contributed by atoms with van der Waals surface area (Å²) in [6, 6.07) is 5.52.